The highest BCUT2D eigenvalue weighted by Gasteiger charge is 2.45. The zero-order valence-corrected chi connectivity index (χ0v) is 26.3. The molecule has 5 rings (SSSR count). The summed E-state index contributed by atoms with van der Waals surface area (Å²) >= 11 is 0. The van der Waals surface area contributed by atoms with Gasteiger partial charge in [-0.1, -0.05) is 12.1 Å². The molecule has 0 bridgehead atoms. The monoisotopic (exact) mass is 668 g/mol. The molecule has 2 saturated heterocycles. The number of aryl methyl sites for hydroxylation is 1. The molecule has 47 heavy (non-hydrogen) atoms. The first kappa shape index (κ1) is 35.5. The fourth-order valence-electron chi connectivity index (χ4n) is 6.13. The van der Waals surface area contributed by atoms with E-state index in [4.69, 9.17) is 33.2 Å². The van der Waals surface area contributed by atoms with E-state index in [1.807, 2.05) is 12.1 Å². The summed E-state index contributed by atoms with van der Waals surface area (Å²) in [7, 11) is 2.94. The Bertz CT molecular complexity index is 1340. The van der Waals surface area contributed by atoms with Crippen LogP contribution in [0, 0.1) is 0 Å². The van der Waals surface area contributed by atoms with Gasteiger partial charge in [-0.15, -0.1) is 0 Å². The van der Waals surface area contributed by atoms with Crippen molar-refractivity contribution < 1.29 is 74.0 Å². The second-order valence-corrected chi connectivity index (χ2v) is 12.0. The number of aliphatic hydroxyl groups is 7. The number of aromatic hydroxyl groups is 1. The van der Waals surface area contributed by atoms with Gasteiger partial charge < -0.3 is 74.0 Å². The Kier molecular flexibility index (Phi) is 11.5. The fraction of sp³-hybridized carbons (Fsp3) is 0.625. The molecule has 12 atom stereocenters. The summed E-state index contributed by atoms with van der Waals surface area (Å²) < 4.78 is 40.2. The normalized spacial score (nSPS) is 35.3. The number of benzene rings is 2. The molecule has 0 aromatic heterocycles. The van der Waals surface area contributed by atoms with E-state index in [1.165, 1.54) is 20.3 Å². The number of methoxy groups -OCH3 is 2. The van der Waals surface area contributed by atoms with Gasteiger partial charge in [0.25, 0.3) is 0 Å². The Morgan fingerprint density at radius 1 is 0.766 bits per heavy atom. The third-order valence-corrected chi connectivity index (χ3v) is 8.89. The Hall–Kier alpha value is -2.80. The zero-order chi connectivity index (χ0) is 34.0. The van der Waals surface area contributed by atoms with E-state index >= 15 is 0 Å². The molecular weight excluding hydrogens is 624 g/mol. The third-order valence-electron chi connectivity index (χ3n) is 8.89. The Morgan fingerprint density at radius 2 is 1.45 bits per heavy atom. The van der Waals surface area contributed by atoms with Crippen molar-refractivity contribution in [2.24, 2.45) is 0 Å². The van der Waals surface area contributed by atoms with E-state index in [9.17, 15) is 40.9 Å². The molecule has 0 spiro atoms. The predicted molar refractivity (Wildman–Crippen MR) is 160 cm³/mol. The van der Waals surface area contributed by atoms with Crippen molar-refractivity contribution >= 4 is 0 Å². The van der Waals surface area contributed by atoms with Gasteiger partial charge in [0.1, 0.15) is 48.8 Å². The molecule has 2 aromatic carbocycles. The molecule has 262 valence electrons. The van der Waals surface area contributed by atoms with Crippen LogP contribution in [0.25, 0.3) is 0 Å². The molecule has 3 aliphatic heterocycles. The predicted octanol–water partition coefficient (Wildman–Crippen LogP) is -0.780. The number of phenols is 1. The average Bonchev–Trinajstić information content (AvgIpc) is 3.44. The Balaban J connectivity index is 1.35. The summed E-state index contributed by atoms with van der Waals surface area (Å²) in [6, 6.07) is 8.58. The highest BCUT2D eigenvalue weighted by molar-refractivity contribution is 5.56. The summed E-state index contributed by atoms with van der Waals surface area (Å²) in [5, 5.41) is 80.8. The molecule has 2 aromatic rings. The minimum absolute atomic E-state index is 0.0368. The molecule has 2 fully saturated rings. The van der Waals surface area contributed by atoms with Crippen molar-refractivity contribution in [3.63, 3.8) is 0 Å². The van der Waals surface area contributed by atoms with Crippen molar-refractivity contribution in [1.29, 1.82) is 0 Å². The van der Waals surface area contributed by atoms with Gasteiger partial charge >= 0.3 is 0 Å². The van der Waals surface area contributed by atoms with Crippen LogP contribution < -0.4 is 14.2 Å². The van der Waals surface area contributed by atoms with Crippen molar-refractivity contribution in [3.8, 4) is 23.0 Å². The first-order valence-corrected chi connectivity index (χ1v) is 15.5. The van der Waals surface area contributed by atoms with Gasteiger partial charge in [0.2, 0.25) is 0 Å². The van der Waals surface area contributed by atoms with E-state index in [-0.39, 0.29) is 24.7 Å². The first-order valence-electron chi connectivity index (χ1n) is 15.5. The van der Waals surface area contributed by atoms with E-state index in [0.717, 1.165) is 11.1 Å². The van der Waals surface area contributed by atoms with Crippen LogP contribution >= 0.6 is 0 Å². The molecule has 15 nitrogen and oxygen atoms in total. The minimum Gasteiger partial charge on any atom is -0.504 e. The van der Waals surface area contributed by atoms with Gasteiger partial charge in [-0.25, -0.2) is 0 Å². The topological polar surface area (TPSA) is 226 Å². The summed E-state index contributed by atoms with van der Waals surface area (Å²) in [4.78, 5) is 0. The van der Waals surface area contributed by atoms with Crippen LogP contribution in [-0.2, 0) is 25.4 Å². The molecule has 0 amide bonds. The lowest BCUT2D eigenvalue weighted by atomic mass is 9.90. The molecular formula is C32H44O15. The quantitative estimate of drug-likeness (QED) is 0.130. The lowest BCUT2D eigenvalue weighted by Crippen LogP contribution is -2.59. The first-order chi connectivity index (χ1) is 22.5. The maximum atomic E-state index is 10.6. The Labute approximate surface area is 271 Å². The van der Waals surface area contributed by atoms with Crippen molar-refractivity contribution in [2.45, 2.75) is 93.2 Å². The van der Waals surface area contributed by atoms with Crippen LogP contribution in [0.5, 0.6) is 23.0 Å². The lowest BCUT2D eigenvalue weighted by Gasteiger charge is -2.39. The second kappa shape index (κ2) is 15.2. The SMILES string of the molecule is COc1cc([C@H]2Oc3c(OC)cc(CCCO[C@@H]4O[C@H](CO)[C@@H](O)[C@H](O)[C@H]4O)cc3[C@@H]2CO[C@@H]2O[C@@H](C)[C@H](O)[C@@H](O)[C@H]2O)ccc1O. The van der Waals surface area contributed by atoms with Gasteiger partial charge in [-0.2, -0.15) is 0 Å². The molecule has 0 saturated carbocycles. The van der Waals surface area contributed by atoms with Crippen LogP contribution in [-0.4, -0.2) is 136 Å². The zero-order valence-electron chi connectivity index (χ0n) is 26.3. The van der Waals surface area contributed by atoms with E-state index in [2.05, 4.69) is 0 Å². The Morgan fingerprint density at radius 3 is 2.13 bits per heavy atom. The summed E-state index contributed by atoms with van der Waals surface area (Å²) in [5.74, 6) is 0.616. The molecule has 0 unspecified atom stereocenters. The molecule has 3 aliphatic rings. The minimum atomic E-state index is -1.54. The fourth-order valence-corrected chi connectivity index (χ4v) is 6.13. The van der Waals surface area contributed by atoms with Crippen molar-refractivity contribution in [2.75, 3.05) is 34.0 Å². The van der Waals surface area contributed by atoms with E-state index < -0.39 is 80.0 Å². The standard InChI is InChI=1S/C32H44O15/c1-14-23(35)25(37)27(39)32(45-14)44-13-18-17-9-15(5-4-8-43-31-28(40)26(38)24(36)22(12-33)46-31)10-21(42-3)30(17)47-29(18)16-6-7-19(34)20(11-16)41-2/h6-7,9-11,14,18,22-29,31-40H,4-5,8,12-13H2,1-3H3/t14-,18-,22+,23-,24+,25+,26-,27+,28+,29+,31+,32+/m0/s1. The number of fused-ring (bicyclic) bond motifs is 1. The number of hydrogen-bond acceptors (Lipinski definition) is 15. The number of ether oxygens (including phenoxy) is 7. The molecule has 0 aliphatic carbocycles. The van der Waals surface area contributed by atoms with Crippen LogP contribution in [0.15, 0.2) is 30.3 Å². The van der Waals surface area contributed by atoms with Crippen LogP contribution in [0.3, 0.4) is 0 Å². The largest absolute Gasteiger partial charge is 0.504 e. The number of rotatable bonds is 12. The second-order valence-electron chi connectivity index (χ2n) is 12.0. The van der Waals surface area contributed by atoms with Crippen LogP contribution in [0.4, 0.5) is 0 Å². The third kappa shape index (κ3) is 7.30. The number of phenolic OH excluding ortho intramolecular Hbond substituents is 1. The summed E-state index contributed by atoms with van der Waals surface area (Å²) in [5.41, 5.74) is 2.23. The maximum Gasteiger partial charge on any atom is 0.186 e. The molecule has 0 radical (unpaired) electrons. The van der Waals surface area contributed by atoms with E-state index in [1.54, 1.807) is 19.1 Å². The lowest BCUT2D eigenvalue weighted by molar-refractivity contribution is -0.301. The number of hydrogen-bond donors (Lipinski definition) is 8. The average molecular weight is 669 g/mol. The van der Waals surface area contributed by atoms with Gasteiger partial charge in [-0.3, -0.25) is 0 Å². The van der Waals surface area contributed by atoms with Crippen molar-refractivity contribution in [1.82, 2.24) is 0 Å². The van der Waals surface area contributed by atoms with Gasteiger partial charge in [0.15, 0.2) is 35.6 Å². The van der Waals surface area contributed by atoms with Crippen LogP contribution in [0.2, 0.25) is 0 Å². The van der Waals surface area contributed by atoms with Crippen LogP contribution in [0.1, 0.15) is 42.1 Å². The maximum absolute atomic E-state index is 10.6. The molecule has 3 heterocycles. The number of aliphatic hydroxyl groups excluding tert-OH is 7. The van der Waals surface area contributed by atoms with Gasteiger partial charge in [0, 0.05) is 5.56 Å². The smallest absolute Gasteiger partial charge is 0.186 e. The van der Waals surface area contributed by atoms with Gasteiger partial charge in [0.05, 0.1) is 46.1 Å². The summed E-state index contributed by atoms with van der Waals surface area (Å²) in [6.07, 6.45) is -12.8. The van der Waals surface area contributed by atoms with E-state index in [0.29, 0.717) is 29.9 Å². The highest BCUT2D eigenvalue weighted by Crippen LogP contribution is 2.52. The molecule has 8 N–H and O–H groups in total. The molecule has 15 heteroatoms. The highest BCUT2D eigenvalue weighted by atomic mass is 16.7. The summed E-state index contributed by atoms with van der Waals surface area (Å²) in [6.45, 7) is 1.08. The van der Waals surface area contributed by atoms with Gasteiger partial charge in [-0.05, 0) is 49.1 Å². The van der Waals surface area contributed by atoms with Crippen molar-refractivity contribution in [3.05, 3.63) is 47.0 Å².